The van der Waals surface area contributed by atoms with Gasteiger partial charge in [-0.1, -0.05) is 6.92 Å². The lowest BCUT2D eigenvalue weighted by molar-refractivity contribution is -0.713. The standard InChI is InChI=1S/C14H21N3O3/c1-4-12(10-5-7-11(20-3)8-6-10)16-9(2)13(18)17-14(15)19/h5-9,12,16H,4H2,1-3H3,(H3,15,17,18,19)/p+1/t9-,12+/m0/s1. The number of imide groups is 1. The Kier molecular flexibility index (Phi) is 5.99. The van der Waals surface area contributed by atoms with E-state index in [1.165, 1.54) is 0 Å². The van der Waals surface area contributed by atoms with Gasteiger partial charge in [-0.3, -0.25) is 10.1 Å². The van der Waals surface area contributed by atoms with Crippen LogP contribution in [0.5, 0.6) is 5.75 Å². The van der Waals surface area contributed by atoms with Gasteiger partial charge in [-0.2, -0.15) is 0 Å². The number of benzene rings is 1. The number of urea groups is 1. The Morgan fingerprint density at radius 1 is 1.35 bits per heavy atom. The van der Waals surface area contributed by atoms with E-state index in [0.717, 1.165) is 17.7 Å². The summed E-state index contributed by atoms with van der Waals surface area (Å²) in [5.74, 6) is 0.410. The molecule has 0 saturated carbocycles. The Labute approximate surface area is 118 Å². The number of methoxy groups -OCH3 is 1. The summed E-state index contributed by atoms with van der Waals surface area (Å²) in [7, 11) is 1.62. The van der Waals surface area contributed by atoms with E-state index in [1.54, 1.807) is 14.0 Å². The van der Waals surface area contributed by atoms with Gasteiger partial charge in [-0.15, -0.1) is 0 Å². The molecule has 0 aliphatic heterocycles. The highest BCUT2D eigenvalue weighted by Gasteiger charge is 2.22. The molecular weight excluding hydrogens is 258 g/mol. The number of ether oxygens (including phenoxy) is 1. The minimum Gasteiger partial charge on any atom is -0.497 e. The molecule has 0 aliphatic carbocycles. The van der Waals surface area contributed by atoms with Crippen LogP contribution in [0.2, 0.25) is 0 Å². The largest absolute Gasteiger partial charge is 0.497 e. The first kappa shape index (κ1) is 16.0. The highest BCUT2D eigenvalue weighted by atomic mass is 16.5. The van der Waals surface area contributed by atoms with E-state index < -0.39 is 12.1 Å². The van der Waals surface area contributed by atoms with Crippen molar-refractivity contribution in [3.63, 3.8) is 0 Å². The second kappa shape index (κ2) is 7.49. The number of nitrogens with two attached hydrogens (primary N) is 2. The smallest absolute Gasteiger partial charge is 0.319 e. The Morgan fingerprint density at radius 3 is 2.40 bits per heavy atom. The summed E-state index contributed by atoms with van der Waals surface area (Å²) < 4.78 is 5.12. The highest BCUT2D eigenvalue weighted by molar-refractivity contribution is 5.95. The van der Waals surface area contributed by atoms with Crippen molar-refractivity contribution in [2.75, 3.05) is 7.11 Å². The van der Waals surface area contributed by atoms with Crippen LogP contribution in [0.1, 0.15) is 31.9 Å². The number of primary amides is 1. The third-order valence-electron chi connectivity index (χ3n) is 3.16. The minimum absolute atomic E-state index is 0.134. The molecule has 6 nitrogen and oxygen atoms in total. The van der Waals surface area contributed by atoms with Crippen molar-refractivity contribution in [3.8, 4) is 5.75 Å². The lowest BCUT2D eigenvalue weighted by Gasteiger charge is -2.18. The first-order chi connectivity index (χ1) is 9.47. The van der Waals surface area contributed by atoms with E-state index in [-0.39, 0.29) is 11.9 Å². The first-order valence-corrected chi connectivity index (χ1v) is 6.57. The van der Waals surface area contributed by atoms with Crippen LogP contribution in [0.3, 0.4) is 0 Å². The van der Waals surface area contributed by atoms with Gasteiger partial charge in [0.15, 0.2) is 6.04 Å². The van der Waals surface area contributed by atoms with Crippen molar-refractivity contribution in [1.82, 2.24) is 5.32 Å². The molecule has 1 aromatic rings. The molecule has 3 amide bonds. The lowest BCUT2D eigenvalue weighted by Crippen LogP contribution is -2.92. The Balaban J connectivity index is 2.70. The number of quaternary nitrogens is 1. The number of carbonyl (C=O) groups is 2. The number of hydrogen-bond acceptors (Lipinski definition) is 3. The normalized spacial score (nSPS) is 13.3. The average molecular weight is 280 g/mol. The zero-order chi connectivity index (χ0) is 15.1. The van der Waals surface area contributed by atoms with E-state index in [2.05, 4.69) is 5.32 Å². The predicted octanol–water partition coefficient (Wildman–Crippen LogP) is 0.293. The minimum atomic E-state index is -0.826. The predicted molar refractivity (Wildman–Crippen MR) is 75.1 cm³/mol. The van der Waals surface area contributed by atoms with Gasteiger partial charge < -0.3 is 15.8 Å². The summed E-state index contributed by atoms with van der Waals surface area (Å²) in [5, 5.41) is 4.01. The summed E-state index contributed by atoms with van der Waals surface area (Å²) >= 11 is 0. The Bertz CT molecular complexity index is 459. The van der Waals surface area contributed by atoms with E-state index in [4.69, 9.17) is 10.5 Å². The third-order valence-corrected chi connectivity index (χ3v) is 3.16. The fourth-order valence-corrected chi connectivity index (χ4v) is 2.01. The van der Waals surface area contributed by atoms with E-state index in [9.17, 15) is 9.59 Å². The van der Waals surface area contributed by atoms with Gasteiger partial charge in [0.2, 0.25) is 0 Å². The van der Waals surface area contributed by atoms with Gasteiger partial charge in [-0.05, 0) is 31.2 Å². The zero-order valence-electron chi connectivity index (χ0n) is 12.1. The molecule has 0 radical (unpaired) electrons. The Morgan fingerprint density at radius 2 is 1.95 bits per heavy atom. The number of hydrogen-bond donors (Lipinski definition) is 3. The van der Waals surface area contributed by atoms with Crippen LogP contribution in [-0.4, -0.2) is 25.1 Å². The maximum absolute atomic E-state index is 11.7. The molecule has 1 rings (SSSR count). The summed E-state index contributed by atoms with van der Waals surface area (Å²) in [6, 6.07) is 6.64. The average Bonchev–Trinajstić information content (AvgIpc) is 2.43. The van der Waals surface area contributed by atoms with Crippen LogP contribution in [-0.2, 0) is 4.79 Å². The molecule has 1 aromatic carbocycles. The fraction of sp³-hybridized carbons (Fsp3) is 0.429. The zero-order valence-corrected chi connectivity index (χ0v) is 12.1. The van der Waals surface area contributed by atoms with Crippen molar-refractivity contribution in [2.45, 2.75) is 32.4 Å². The maximum atomic E-state index is 11.7. The molecule has 0 saturated heterocycles. The van der Waals surface area contributed by atoms with Crippen LogP contribution in [0, 0.1) is 0 Å². The molecule has 20 heavy (non-hydrogen) atoms. The van der Waals surface area contributed by atoms with Gasteiger partial charge in [0.05, 0.1) is 7.11 Å². The van der Waals surface area contributed by atoms with Crippen LogP contribution in [0.25, 0.3) is 0 Å². The van der Waals surface area contributed by atoms with Gasteiger partial charge in [0.25, 0.3) is 5.91 Å². The van der Waals surface area contributed by atoms with Crippen LogP contribution >= 0.6 is 0 Å². The van der Waals surface area contributed by atoms with Crippen molar-refractivity contribution in [1.29, 1.82) is 0 Å². The molecule has 2 atom stereocenters. The molecule has 0 spiro atoms. The van der Waals surface area contributed by atoms with E-state index in [1.807, 2.05) is 36.5 Å². The summed E-state index contributed by atoms with van der Waals surface area (Å²) in [6.45, 7) is 3.79. The van der Waals surface area contributed by atoms with Crippen LogP contribution in [0.15, 0.2) is 24.3 Å². The van der Waals surface area contributed by atoms with Gasteiger partial charge in [0.1, 0.15) is 11.8 Å². The van der Waals surface area contributed by atoms with Gasteiger partial charge in [-0.25, -0.2) is 4.79 Å². The summed E-state index contributed by atoms with van der Waals surface area (Å²) in [4.78, 5) is 22.3. The second-order valence-corrected chi connectivity index (χ2v) is 4.62. The number of carbonyl (C=O) groups excluding carboxylic acids is 2. The molecule has 110 valence electrons. The lowest BCUT2D eigenvalue weighted by atomic mass is 10.0. The topological polar surface area (TPSA) is 98.0 Å². The van der Waals surface area contributed by atoms with Crippen molar-refractivity contribution in [2.24, 2.45) is 5.73 Å². The van der Waals surface area contributed by atoms with Crippen LogP contribution in [0.4, 0.5) is 4.79 Å². The Hall–Kier alpha value is -2.08. The van der Waals surface area contributed by atoms with Crippen LogP contribution < -0.4 is 21.1 Å². The van der Waals surface area contributed by atoms with E-state index >= 15 is 0 Å². The summed E-state index contributed by atoms with van der Waals surface area (Å²) in [5.41, 5.74) is 6.04. The first-order valence-electron chi connectivity index (χ1n) is 6.57. The second-order valence-electron chi connectivity index (χ2n) is 4.62. The molecule has 0 aliphatic rings. The van der Waals surface area contributed by atoms with Crippen molar-refractivity contribution in [3.05, 3.63) is 29.8 Å². The molecule has 0 unspecified atom stereocenters. The quantitative estimate of drug-likeness (QED) is 0.698. The van der Waals surface area contributed by atoms with Gasteiger partial charge >= 0.3 is 6.03 Å². The SMILES string of the molecule is CC[C@@H]([NH2+][C@@H](C)C(=O)NC(N)=O)c1ccc(OC)cc1. The number of rotatable bonds is 6. The van der Waals surface area contributed by atoms with E-state index in [0.29, 0.717) is 0 Å². The molecule has 0 aromatic heterocycles. The third kappa shape index (κ3) is 4.55. The summed E-state index contributed by atoms with van der Waals surface area (Å²) in [6.07, 6.45) is 0.862. The van der Waals surface area contributed by atoms with Crippen molar-refractivity contribution < 1.29 is 19.6 Å². The number of amides is 3. The van der Waals surface area contributed by atoms with Crippen molar-refractivity contribution >= 4 is 11.9 Å². The molecular formula is C14H22N3O3+. The highest BCUT2D eigenvalue weighted by Crippen LogP contribution is 2.17. The molecule has 5 N–H and O–H groups in total. The fourth-order valence-electron chi connectivity index (χ4n) is 2.01. The van der Waals surface area contributed by atoms with Gasteiger partial charge in [0, 0.05) is 12.0 Å². The maximum Gasteiger partial charge on any atom is 0.319 e. The molecule has 0 bridgehead atoms. The molecule has 0 fully saturated rings. The number of nitrogens with one attached hydrogen (secondary N) is 1. The monoisotopic (exact) mass is 280 g/mol. The molecule has 0 heterocycles. The molecule has 6 heteroatoms.